The number of benzene rings is 1. The molecule has 128 valence electrons. The minimum atomic E-state index is -0.126. The van der Waals surface area contributed by atoms with Gasteiger partial charge in [-0.1, -0.05) is 18.5 Å². The molecule has 1 aromatic carbocycles. The van der Waals surface area contributed by atoms with E-state index in [4.69, 9.17) is 9.26 Å². The predicted molar refractivity (Wildman–Crippen MR) is 88.9 cm³/mol. The van der Waals surface area contributed by atoms with Crippen molar-refractivity contribution in [1.82, 2.24) is 15.0 Å². The summed E-state index contributed by atoms with van der Waals surface area (Å²) in [6, 6.07) is 7.21. The average molecular weight is 329 g/mol. The molecule has 0 saturated carbocycles. The Hall–Kier alpha value is -2.37. The summed E-state index contributed by atoms with van der Waals surface area (Å²) < 4.78 is 10.9. The van der Waals surface area contributed by atoms with Crippen molar-refractivity contribution < 1.29 is 14.1 Å². The van der Waals surface area contributed by atoms with E-state index in [1.165, 1.54) is 0 Å². The summed E-state index contributed by atoms with van der Waals surface area (Å²) in [5, 5.41) is 3.83. The third-order valence-corrected chi connectivity index (χ3v) is 4.21. The Labute approximate surface area is 141 Å². The Morgan fingerprint density at radius 3 is 2.83 bits per heavy atom. The molecule has 2 heterocycles. The minimum Gasteiger partial charge on any atom is -0.494 e. The second-order valence-corrected chi connectivity index (χ2v) is 6.06. The molecule has 0 spiro atoms. The summed E-state index contributed by atoms with van der Waals surface area (Å²) in [7, 11) is 0. The van der Waals surface area contributed by atoms with Gasteiger partial charge in [0.05, 0.1) is 6.61 Å². The maximum atomic E-state index is 12.8. The summed E-state index contributed by atoms with van der Waals surface area (Å²) in [6.07, 6.45) is 3.92. The molecule has 0 bridgehead atoms. The summed E-state index contributed by atoms with van der Waals surface area (Å²) in [6.45, 7) is 5.32. The largest absolute Gasteiger partial charge is 0.494 e. The third kappa shape index (κ3) is 3.58. The Morgan fingerprint density at radius 2 is 2.17 bits per heavy atom. The molecule has 1 aliphatic heterocycles. The van der Waals surface area contributed by atoms with Crippen molar-refractivity contribution in [2.75, 3.05) is 13.2 Å². The number of carbonyl (C=O) groups is 1. The van der Waals surface area contributed by atoms with E-state index in [-0.39, 0.29) is 11.9 Å². The highest BCUT2D eigenvalue weighted by atomic mass is 16.5. The van der Waals surface area contributed by atoms with Crippen molar-refractivity contribution in [3.8, 4) is 5.75 Å². The Bertz CT molecular complexity index is 681. The van der Waals surface area contributed by atoms with E-state index >= 15 is 0 Å². The summed E-state index contributed by atoms with van der Waals surface area (Å²) in [5.41, 5.74) is 0.654. The van der Waals surface area contributed by atoms with Gasteiger partial charge in [-0.2, -0.15) is 4.98 Å². The van der Waals surface area contributed by atoms with Gasteiger partial charge in [-0.05, 0) is 50.5 Å². The van der Waals surface area contributed by atoms with Crippen LogP contribution < -0.4 is 4.74 Å². The van der Waals surface area contributed by atoms with Crippen LogP contribution in [0, 0.1) is 6.92 Å². The third-order valence-electron chi connectivity index (χ3n) is 4.21. The van der Waals surface area contributed by atoms with Gasteiger partial charge in [0.15, 0.2) is 5.82 Å². The van der Waals surface area contributed by atoms with Crippen molar-refractivity contribution in [2.45, 2.75) is 45.6 Å². The van der Waals surface area contributed by atoms with Gasteiger partial charge in [0.2, 0.25) is 5.89 Å². The van der Waals surface area contributed by atoms with Gasteiger partial charge in [0, 0.05) is 12.1 Å². The first-order valence-electron chi connectivity index (χ1n) is 8.53. The summed E-state index contributed by atoms with van der Waals surface area (Å²) in [5.74, 6) is 1.91. The van der Waals surface area contributed by atoms with Crippen LogP contribution in [0.3, 0.4) is 0 Å². The van der Waals surface area contributed by atoms with Crippen LogP contribution >= 0.6 is 0 Å². The Morgan fingerprint density at radius 1 is 1.38 bits per heavy atom. The highest BCUT2D eigenvalue weighted by molar-refractivity contribution is 5.94. The number of likely N-dealkylation sites (tertiary alicyclic amines) is 1. The van der Waals surface area contributed by atoms with Crippen LogP contribution in [0.4, 0.5) is 0 Å². The fraction of sp³-hybridized carbons (Fsp3) is 0.500. The van der Waals surface area contributed by atoms with E-state index in [0.29, 0.717) is 30.4 Å². The average Bonchev–Trinajstić information content (AvgIpc) is 3.23. The van der Waals surface area contributed by atoms with Crippen LogP contribution in [-0.2, 0) is 0 Å². The first-order valence-corrected chi connectivity index (χ1v) is 8.53. The molecule has 0 aliphatic carbocycles. The SMILES string of the molecule is CCCCOc1ccc(C(=O)N2CCCC2c2nc(C)no2)cc1. The van der Waals surface area contributed by atoms with Gasteiger partial charge in [0.1, 0.15) is 11.8 Å². The maximum Gasteiger partial charge on any atom is 0.254 e. The van der Waals surface area contributed by atoms with Gasteiger partial charge >= 0.3 is 0 Å². The molecule has 1 aliphatic rings. The van der Waals surface area contributed by atoms with Crippen LogP contribution in [-0.4, -0.2) is 34.1 Å². The first-order chi connectivity index (χ1) is 11.7. The standard InChI is InChI=1S/C18H23N3O3/c1-3-4-12-23-15-9-7-14(8-10-15)18(22)21-11-5-6-16(21)17-19-13(2)20-24-17/h7-10,16H,3-6,11-12H2,1-2H3. The van der Waals surface area contributed by atoms with E-state index in [1.807, 2.05) is 29.2 Å². The first kappa shape index (κ1) is 16.5. The topological polar surface area (TPSA) is 68.5 Å². The monoisotopic (exact) mass is 329 g/mol. The molecule has 3 rings (SSSR count). The second-order valence-electron chi connectivity index (χ2n) is 6.06. The zero-order valence-corrected chi connectivity index (χ0v) is 14.2. The van der Waals surface area contributed by atoms with Crippen molar-refractivity contribution in [3.63, 3.8) is 0 Å². The smallest absolute Gasteiger partial charge is 0.254 e. The Kier molecular flexibility index (Phi) is 5.13. The lowest BCUT2D eigenvalue weighted by Gasteiger charge is -2.22. The van der Waals surface area contributed by atoms with Gasteiger partial charge in [-0.15, -0.1) is 0 Å². The number of ether oxygens (including phenoxy) is 1. The predicted octanol–water partition coefficient (Wildman–Crippen LogP) is 3.53. The number of carbonyl (C=O) groups excluding carboxylic acids is 1. The molecule has 1 saturated heterocycles. The van der Waals surface area contributed by atoms with Gasteiger partial charge in [0.25, 0.3) is 5.91 Å². The van der Waals surface area contributed by atoms with Crippen LogP contribution in [0.15, 0.2) is 28.8 Å². The van der Waals surface area contributed by atoms with Gasteiger partial charge in [-0.3, -0.25) is 4.79 Å². The van der Waals surface area contributed by atoms with Crippen LogP contribution in [0.1, 0.15) is 60.7 Å². The lowest BCUT2D eigenvalue weighted by Crippen LogP contribution is -2.30. The molecule has 1 unspecified atom stereocenters. The molecule has 1 atom stereocenters. The quantitative estimate of drug-likeness (QED) is 0.758. The molecule has 1 amide bonds. The van der Waals surface area contributed by atoms with Crippen molar-refractivity contribution in [2.24, 2.45) is 0 Å². The van der Waals surface area contributed by atoms with Crippen molar-refractivity contribution in [1.29, 1.82) is 0 Å². The number of aryl methyl sites for hydroxylation is 1. The van der Waals surface area contributed by atoms with E-state index in [1.54, 1.807) is 6.92 Å². The number of rotatable bonds is 6. The fourth-order valence-electron chi connectivity index (χ4n) is 2.91. The molecule has 1 fully saturated rings. The molecule has 1 aromatic heterocycles. The van der Waals surface area contributed by atoms with Crippen LogP contribution in [0.5, 0.6) is 5.75 Å². The zero-order chi connectivity index (χ0) is 16.9. The van der Waals surface area contributed by atoms with E-state index in [9.17, 15) is 4.79 Å². The zero-order valence-electron chi connectivity index (χ0n) is 14.2. The highest BCUT2D eigenvalue weighted by Gasteiger charge is 2.34. The molecule has 0 radical (unpaired) electrons. The van der Waals surface area contributed by atoms with Crippen LogP contribution in [0.25, 0.3) is 0 Å². The number of amides is 1. The van der Waals surface area contributed by atoms with Gasteiger partial charge < -0.3 is 14.2 Å². The fourth-order valence-corrected chi connectivity index (χ4v) is 2.91. The van der Waals surface area contributed by atoms with E-state index < -0.39 is 0 Å². The minimum absolute atomic E-state index is 0.00605. The molecule has 24 heavy (non-hydrogen) atoms. The number of nitrogens with zero attached hydrogens (tertiary/aromatic N) is 3. The maximum absolute atomic E-state index is 12.8. The highest BCUT2D eigenvalue weighted by Crippen LogP contribution is 2.32. The number of unbranched alkanes of at least 4 members (excludes halogenated alkanes) is 1. The summed E-state index contributed by atoms with van der Waals surface area (Å²) >= 11 is 0. The second kappa shape index (κ2) is 7.47. The van der Waals surface area contributed by atoms with Crippen molar-refractivity contribution >= 4 is 5.91 Å². The molecular weight excluding hydrogens is 306 g/mol. The van der Waals surface area contributed by atoms with Crippen molar-refractivity contribution in [3.05, 3.63) is 41.5 Å². The molecule has 2 aromatic rings. The number of hydrogen-bond donors (Lipinski definition) is 0. The van der Waals surface area contributed by atoms with E-state index in [0.717, 1.165) is 31.4 Å². The van der Waals surface area contributed by atoms with Gasteiger partial charge in [-0.25, -0.2) is 0 Å². The molecular formula is C18H23N3O3. The number of hydrogen-bond acceptors (Lipinski definition) is 5. The lowest BCUT2D eigenvalue weighted by atomic mass is 10.1. The lowest BCUT2D eigenvalue weighted by molar-refractivity contribution is 0.0710. The Balaban J connectivity index is 1.68. The molecule has 0 N–H and O–H groups in total. The van der Waals surface area contributed by atoms with E-state index in [2.05, 4.69) is 17.1 Å². The van der Waals surface area contributed by atoms with Crippen LogP contribution in [0.2, 0.25) is 0 Å². The number of aromatic nitrogens is 2. The molecule has 6 nitrogen and oxygen atoms in total. The summed E-state index contributed by atoms with van der Waals surface area (Å²) in [4.78, 5) is 18.9. The molecule has 6 heteroatoms. The normalized spacial score (nSPS) is 17.2.